The van der Waals surface area contributed by atoms with Crippen LogP contribution in [0.1, 0.15) is 5.69 Å². The largest absolute Gasteiger partial charge is 0.497 e. The molecule has 1 amide bonds. The van der Waals surface area contributed by atoms with Gasteiger partial charge in [0.15, 0.2) is 6.61 Å². The zero-order chi connectivity index (χ0) is 18.4. The van der Waals surface area contributed by atoms with E-state index in [0.717, 1.165) is 10.6 Å². The summed E-state index contributed by atoms with van der Waals surface area (Å²) in [4.78, 5) is 28.2. The molecule has 0 aliphatic carbocycles. The molecule has 2 aromatic heterocycles. The summed E-state index contributed by atoms with van der Waals surface area (Å²) >= 11 is 3.07. The van der Waals surface area contributed by atoms with Crippen LogP contribution < -0.4 is 10.1 Å². The Kier molecular flexibility index (Phi) is 5.98. The molecule has 0 aliphatic rings. The highest BCUT2D eigenvalue weighted by Gasteiger charge is 2.12. The molecular formula is C18H16N2O4S2. The van der Waals surface area contributed by atoms with E-state index in [2.05, 4.69) is 10.3 Å². The molecule has 0 saturated carbocycles. The van der Waals surface area contributed by atoms with E-state index in [0.29, 0.717) is 17.1 Å². The molecule has 0 atom stereocenters. The van der Waals surface area contributed by atoms with Crippen molar-refractivity contribution >= 4 is 40.2 Å². The van der Waals surface area contributed by atoms with Gasteiger partial charge in [0, 0.05) is 22.0 Å². The van der Waals surface area contributed by atoms with Crippen LogP contribution in [0, 0.1) is 0 Å². The maximum atomic E-state index is 11.9. The van der Waals surface area contributed by atoms with Crippen LogP contribution in [-0.4, -0.2) is 30.6 Å². The van der Waals surface area contributed by atoms with Crippen molar-refractivity contribution in [1.82, 2.24) is 4.98 Å². The number of aromatic nitrogens is 1. The van der Waals surface area contributed by atoms with E-state index < -0.39 is 11.9 Å². The van der Waals surface area contributed by atoms with Crippen LogP contribution in [0.5, 0.6) is 5.75 Å². The molecule has 0 unspecified atom stereocenters. The fourth-order valence-corrected chi connectivity index (χ4v) is 3.66. The Morgan fingerprint density at radius 3 is 2.65 bits per heavy atom. The second-order valence-corrected chi connectivity index (χ2v) is 6.91. The second-order valence-electron chi connectivity index (χ2n) is 5.27. The predicted octanol–water partition coefficient (Wildman–Crippen LogP) is 3.60. The Morgan fingerprint density at radius 1 is 1.15 bits per heavy atom. The standard InChI is InChI=1S/C18H16N2O4S2/c1-23-15-4-2-13(3-5-15)19-16(21)9-24-17(22)8-14-11-26-18(20-14)12-6-7-25-10-12/h2-7,10-11H,8-9H2,1H3,(H,19,21). The van der Waals surface area contributed by atoms with E-state index in [-0.39, 0.29) is 13.0 Å². The molecule has 1 N–H and O–H groups in total. The number of rotatable bonds is 7. The lowest BCUT2D eigenvalue weighted by molar-refractivity contribution is -0.146. The van der Waals surface area contributed by atoms with Crippen molar-refractivity contribution < 1.29 is 19.1 Å². The van der Waals surface area contributed by atoms with Crippen molar-refractivity contribution in [3.05, 3.63) is 52.2 Å². The first-order valence-electron chi connectivity index (χ1n) is 7.70. The minimum atomic E-state index is -0.489. The van der Waals surface area contributed by atoms with Crippen molar-refractivity contribution in [1.29, 1.82) is 0 Å². The summed E-state index contributed by atoms with van der Waals surface area (Å²) in [5.41, 5.74) is 2.28. The molecular weight excluding hydrogens is 372 g/mol. The molecule has 0 fully saturated rings. The summed E-state index contributed by atoms with van der Waals surface area (Å²) in [6, 6.07) is 8.86. The number of ether oxygens (including phenoxy) is 2. The molecule has 3 rings (SSSR count). The molecule has 8 heteroatoms. The number of nitrogens with one attached hydrogen (secondary N) is 1. The Balaban J connectivity index is 1.45. The third-order valence-corrected chi connectivity index (χ3v) is 5.01. The Bertz CT molecular complexity index is 873. The van der Waals surface area contributed by atoms with Gasteiger partial charge >= 0.3 is 5.97 Å². The van der Waals surface area contributed by atoms with Crippen molar-refractivity contribution in [2.75, 3.05) is 19.0 Å². The SMILES string of the molecule is COc1ccc(NC(=O)COC(=O)Cc2csc(-c3ccsc3)n2)cc1. The van der Waals surface area contributed by atoms with Crippen LogP contribution in [-0.2, 0) is 20.7 Å². The molecule has 2 heterocycles. The van der Waals surface area contributed by atoms with Gasteiger partial charge in [-0.2, -0.15) is 11.3 Å². The van der Waals surface area contributed by atoms with E-state index in [1.54, 1.807) is 42.7 Å². The number of anilines is 1. The first kappa shape index (κ1) is 18.1. The van der Waals surface area contributed by atoms with Gasteiger partial charge in [0.2, 0.25) is 0 Å². The summed E-state index contributed by atoms with van der Waals surface area (Å²) in [6.07, 6.45) is 0.0381. The van der Waals surface area contributed by atoms with Gasteiger partial charge in [-0.3, -0.25) is 9.59 Å². The second kappa shape index (κ2) is 8.59. The number of carbonyl (C=O) groups excluding carboxylic acids is 2. The smallest absolute Gasteiger partial charge is 0.312 e. The van der Waals surface area contributed by atoms with Crippen LogP contribution in [0.2, 0.25) is 0 Å². The average molecular weight is 388 g/mol. The van der Waals surface area contributed by atoms with Gasteiger partial charge in [-0.15, -0.1) is 11.3 Å². The maximum Gasteiger partial charge on any atom is 0.312 e. The number of nitrogens with zero attached hydrogens (tertiary/aromatic N) is 1. The topological polar surface area (TPSA) is 77.5 Å². The molecule has 0 spiro atoms. The molecule has 0 bridgehead atoms. The Morgan fingerprint density at radius 2 is 1.96 bits per heavy atom. The average Bonchev–Trinajstić information content (AvgIpc) is 3.32. The predicted molar refractivity (Wildman–Crippen MR) is 102 cm³/mol. The van der Waals surface area contributed by atoms with Crippen molar-refractivity contribution in [2.24, 2.45) is 0 Å². The highest BCUT2D eigenvalue weighted by atomic mass is 32.1. The van der Waals surface area contributed by atoms with Gasteiger partial charge in [0.1, 0.15) is 10.8 Å². The molecule has 6 nitrogen and oxygen atoms in total. The van der Waals surface area contributed by atoms with E-state index in [1.165, 1.54) is 11.3 Å². The molecule has 134 valence electrons. The van der Waals surface area contributed by atoms with Gasteiger partial charge in [-0.1, -0.05) is 0 Å². The van der Waals surface area contributed by atoms with Crippen LogP contribution in [0.4, 0.5) is 5.69 Å². The van der Waals surface area contributed by atoms with E-state index in [1.807, 2.05) is 22.2 Å². The molecule has 26 heavy (non-hydrogen) atoms. The number of benzene rings is 1. The highest BCUT2D eigenvalue weighted by molar-refractivity contribution is 7.14. The lowest BCUT2D eigenvalue weighted by Gasteiger charge is -2.07. The Hall–Kier alpha value is -2.71. The first-order chi connectivity index (χ1) is 12.6. The summed E-state index contributed by atoms with van der Waals surface area (Å²) in [5, 5.41) is 9.33. The quantitative estimate of drug-likeness (QED) is 0.626. The minimum absolute atomic E-state index is 0.0381. The maximum absolute atomic E-state index is 11.9. The summed E-state index contributed by atoms with van der Waals surface area (Å²) in [6.45, 7) is -0.341. The third kappa shape index (κ3) is 4.90. The molecule has 3 aromatic rings. The lowest BCUT2D eigenvalue weighted by Crippen LogP contribution is -2.21. The van der Waals surface area contributed by atoms with E-state index in [9.17, 15) is 9.59 Å². The van der Waals surface area contributed by atoms with Crippen LogP contribution in [0.25, 0.3) is 10.6 Å². The van der Waals surface area contributed by atoms with Crippen molar-refractivity contribution in [3.8, 4) is 16.3 Å². The Labute approximate surface area is 158 Å². The normalized spacial score (nSPS) is 10.3. The number of hydrogen-bond donors (Lipinski definition) is 1. The summed E-state index contributed by atoms with van der Waals surface area (Å²) < 4.78 is 10.1. The fourth-order valence-electron chi connectivity index (χ4n) is 2.12. The van der Waals surface area contributed by atoms with Crippen LogP contribution >= 0.6 is 22.7 Å². The number of thiophene rings is 1. The fraction of sp³-hybridized carbons (Fsp3) is 0.167. The number of esters is 1. The van der Waals surface area contributed by atoms with Crippen LogP contribution in [0.15, 0.2) is 46.5 Å². The van der Waals surface area contributed by atoms with Gasteiger partial charge in [0.25, 0.3) is 5.91 Å². The van der Waals surface area contributed by atoms with Crippen LogP contribution in [0.3, 0.4) is 0 Å². The van der Waals surface area contributed by atoms with E-state index >= 15 is 0 Å². The number of thiazole rings is 1. The van der Waals surface area contributed by atoms with E-state index in [4.69, 9.17) is 9.47 Å². The molecule has 0 saturated heterocycles. The monoisotopic (exact) mass is 388 g/mol. The first-order valence-corrected chi connectivity index (χ1v) is 9.53. The molecule has 0 radical (unpaired) electrons. The van der Waals surface area contributed by atoms with Crippen molar-refractivity contribution in [2.45, 2.75) is 6.42 Å². The number of methoxy groups -OCH3 is 1. The third-order valence-electron chi connectivity index (χ3n) is 3.38. The highest BCUT2D eigenvalue weighted by Crippen LogP contribution is 2.25. The molecule has 0 aliphatic heterocycles. The van der Waals surface area contributed by atoms with Crippen molar-refractivity contribution in [3.63, 3.8) is 0 Å². The number of hydrogen-bond acceptors (Lipinski definition) is 7. The van der Waals surface area contributed by atoms with Gasteiger partial charge in [0.05, 0.1) is 19.2 Å². The summed E-state index contributed by atoms with van der Waals surface area (Å²) in [5.74, 6) is -0.197. The molecule has 1 aromatic carbocycles. The zero-order valence-electron chi connectivity index (χ0n) is 13.9. The number of amides is 1. The summed E-state index contributed by atoms with van der Waals surface area (Å²) in [7, 11) is 1.57. The minimum Gasteiger partial charge on any atom is -0.497 e. The van der Waals surface area contributed by atoms with Gasteiger partial charge in [-0.05, 0) is 35.7 Å². The van der Waals surface area contributed by atoms with Gasteiger partial charge in [-0.25, -0.2) is 4.98 Å². The van der Waals surface area contributed by atoms with Gasteiger partial charge < -0.3 is 14.8 Å². The lowest BCUT2D eigenvalue weighted by atomic mass is 10.3. The zero-order valence-corrected chi connectivity index (χ0v) is 15.6. The number of carbonyl (C=O) groups is 2.